The summed E-state index contributed by atoms with van der Waals surface area (Å²) in [5, 5.41) is 3.25. The predicted octanol–water partition coefficient (Wildman–Crippen LogP) is 2.21. The summed E-state index contributed by atoms with van der Waals surface area (Å²) >= 11 is 0. The number of nitrogens with one attached hydrogen (secondary N) is 1. The number of methoxy groups -OCH3 is 1. The molecule has 1 aromatic carbocycles. The van der Waals surface area contributed by atoms with Gasteiger partial charge in [-0.1, -0.05) is 12.1 Å². The summed E-state index contributed by atoms with van der Waals surface area (Å²) < 4.78 is 32.6. The fourth-order valence-corrected chi connectivity index (χ4v) is 2.42. The first-order chi connectivity index (χ1) is 9.02. The monoisotopic (exact) mass is 270 g/mol. The maximum Gasteiger partial charge on any atom is 0.270 e. The molecule has 0 spiro atoms. The minimum Gasteiger partial charge on any atom is -0.496 e. The Hall–Kier alpha value is -1.20. The highest BCUT2D eigenvalue weighted by Gasteiger charge is 2.29. The van der Waals surface area contributed by atoms with E-state index in [1.165, 1.54) is 13.2 Å². The van der Waals surface area contributed by atoms with E-state index in [0.717, 1.165) is 33.1 Å². The molecule has 0 bridgehead atoms. The van der Waals surface area contributed by atoms with Crippen LogP contribution in [0.4, 0.5) is 8.78 Å². The second-order valence-electron chi connectivity index (χ2n) is 4.90. The Labute approximate surface area is 112 Å². The lowest BCUT2D eigenvalue weighted by molar-refractivity contribution is 0.0154. The van der Waals surface area contributed by atoms with E-state index in [1.54, 1.807) is 12.1 Å². The van der Waals surface area contributed by atoms with Crippen LogP contribution >= 0.6 is 0 Å². The highest BCUT2D eigenvalue weighted by Crippen LogP contribution is 2.35. The Balaban J connectivity index is 2.29. The molecule has 1 aromatic rings. The molecule has 0 amide bonds. The molecule has 0 aromatic heterocycles. The molecule has 0 aliphatic carbocycles. The van der Waals surface area contributed by atoms with Crippen LogP contribution in [0.1, 0.15) is 18.1 Å². The van der Waals surface area contributed by atoms with E-state index in [1.807, 2.05) is 0 Å². The van der Waals surface area contributed by atoms with Gasteiger partial charge in [0.2, 0.25) is 0 Å². The van der Waals surface area contributed by atoms with Crippen LogP contribution < -0.4 is 10.1 Å². The highest BCUT2D eigenvalue weighted by molar-refractivity contribution is 5.42. The van der Waals surface area contributed by atoms with Crippen molar-refractivity contribution in [3.05, 3.63) is 29.3 Å². The Bertz CT molecular complexity index is 426. The molecular weight excluding hydrogens is 250 g/mol. The van der Waals surface area contributed by atoms with Crippen molar-refractivity contribution >= 4 is 0 Å². The first-order valence-corrected chi connectivity index (χ1v) is 6.49. The number of hydrogen-bond donors (Lipinski definition) is 1. The van der Waals surface area contributed by atoms with Crippen molar-refractivity contribution in [2.24, 2.45) is 0 Å². The van der Waals surface area contributed by atoms with E-state index in [0.29, 0.717) is 17.9 Å². The third-order valence-corrected chi connectivity index (χ3v) is 3.42. The van der Waals surface area contributed by atoms with E-state index in [2.05, 4.69) is 10.2 Å². The second-order valence-corrected chi connectivity index (χ2v) is 4.90. The molecule has 2 rings (SSSR count). The van der Waals surface area contributed by atoms with Gasteiger partial charge in [-0.05, 0) is 6.07 Å². The van der Waals surface area contributed by atoms with Crippen LogP contribution in [0.15, 0.2) is 18.2 Å². The summed E-state index contributed by atoms with van der Waals surface area (Å²) in [5.41, 5.74) is 0.657. The van der Waals surface area contributed by atoms with Gasteiger partial charge in [0, 0.05) is 50.8 Å². The number of halogens is 2. The summed E-state index contributed by atoms with van der Waals surface area (Å²) in [6.45, 7) is 4.97. The fourth-order valence-electron chi connectivity index (χ4n) is 2.42. The van der Waals surface area contributed by atoms with Crippen LogP contribution in [0.2, 0.25) is 0 Å². The molecule has 1 fully saturated rings. The van der Waals surface area contributed by atoms with Gasteiger partial charge in [-0.25, -0.2) is 8.78 Å². The van der Waals surface area contributed by atoms with Gasteiger partial charge < -0.3 is 10.1 Å². The van der Waals surface area contributed by atoms with Crippen molar-refractivity contribution in [2.45, 2.75) is 19.4 Å². The number of nitrogens with zero attached hydrogens (tertiary/aromatic N) is 1. The van der Waals surface area contributed by atoms with Crippen LogP contribution in [-0.4, -0.2) is 38.2 Å². The Morgan fingerprint density at radius 2 is 2.00 bits per heavy atom. The molecule has 0 unspecified atom stereocenters. The maximum atomic E-state index is 13.7. The average molecular weight is 270 g/mol. The molecule has 106 valence electrons. The normalized spacial score (nSPS) is 17.5. The molecule has 3 nitrogen and oxygen atoms in total. The van der Waals surface area contributed by atoms with Crippen LogP contribution in [0.25, 0.3) is 0 Å². The number of benzene rings is 1. The summed E-state index contributed by atoms with van der Waals surface area (Å²) in [4.78, 5) is 2.17. The lowest BCUT2D eigenvalue weighted by Crippen LogP contribution is -2.43. The third kappa shape index (κ3) is 3.42. The van der Waals surface area contributed by atoms with E-state index in [4.69, 9.17) is 4.74 Å². The molecule has 0 radical (unpaired) electrons. The number of hydrogen-bond acceptors (Lipinski definition) is 3. The lowest BCUT2D eigenvalue weighted by atomic mass is 10.0. The van der Waals surface area contributed by atoms with E-state index >= 15 is 0 Å². The SMILES string of the molecule is COc1cccc(C(C)(F)F)c1CN1CCNCC1. The smallest absolute Gasteiger partial charge is 0.270 e. The quantitative estimate of drug-likeness (QED) is 0.908. The van der Waals surface area contributed by atoms with Crippen LogP contribution in [-0.2, 0) is 12.5 Å². The van der Waals surface area contributed by atoms with Crippen molar-refractivity contribution in [1.82, 2.24) is 10.2 Å². The Morgan fingerprint density at radius 1 is 1.32 bits per heavy atom. The highest BCUT2D eigenvalue weighted by atomic mass is 19.3. The Morgan fingerprint density at radius 3 is 2.58 bits per heavy atom. The number of rotatable bonds is 4. The molecular formula is C14H20F2N2O. The van der Waals surface area contributed by atoms with Crippen molar-refractivity contribution in [1.29, 1.82) is 0 Å². The first-order valence-electron chi connectivity index (χ1n) is 6.49. The van der Waals surface area contributed by atoms with Gasteiger partial charge in [0.15, 0.2) is 0 Å². The predicted molar refractivity (Wildman–Crippen MR) is 70.7 cm³/mol. The molecule has 1 N–H and O–H groups in total. The largest absolute Gasteiger partial charge is 0.496 e. The molecule has 1 heterocycles. The van der Waals surface area contributed by atoms with E-state index in [9.17, 15) is 8.78 Å². The van der Waals surface area contributed by atoms with Crippen LogP contribution in [0.3, 0.4) is 0 Å². The molecule has 19 heavy (non-hydrogen) atoms. The van der Waals surface area contributed by atoms with Gasteiger partial charge in [0.25, 0.3) is 5.92 Å². The number of ether oxygens (including phenoxy) is 1. The van der Waals surface area contributed by atoms with E-state index < -0.39 is 5.92 Å². The number of piperazine rings is 1. The van der Waals surface area contributed by atoms with Gasteiger partial charge >= 0.3 is 0 Å². The second kappa shape index (κ2) is 5.84. The van der Waals surface area contributed by atoms with Crippen molar-refractivity contribution in [3.8, 4) is 5.75 Å². The van der Waals surface area contributed by atoms with Gasteiger partial charge in [-0.2, -0.15) is 0 Å². The first kappa shape index (κ1) is 14.2. The lowest BCUT2D eigenvalue weighted by Gasteiger charge is -2.29. The van der Waals surface area contributed by atoms with Crippen molar-refractivity contribution < 1.29 is 13.5 Å². The van der Waals surface area contributed by atoms with E-state index in [-0.39, 0.29) is 5.56 Å². The minimum absolute atomic E-state index is 0.0605. The van der Waals surface area contributed by atoms with Gasteiger partial charge in [0.05, 0.1) is 7.11 Å². The molecule has 1 aliphatic heterocycles. The van der Waals surface area contributed by atoms with Gasteiger partial charge in [0.1, 0.15) is 5.75 Å². The number of alkyl halides is 2. The summed E-state index contributed by atoms with van der Waals surface area (Å²) in [7, 11) is 1.52. The summed E-state index contributed by atoms with van der Waals surface area (Å²) in [6.07, 6.45) is 0. The standard InChI is InChI=1S/C14H20F2N2O/c1-14(15,16)12-4-3-5-13(19-2)11(12)10-18-8-6-17-7-9-18/h3-5,17H,6-10H2,1-2H3. The summed E-state index contributed by atoms with van der Waals surface area (Å²) in [5.74, 6) is -2.31. The molecule has 0 saturated carbocycles. The van der Waals surface area contributed by atoms with Crippen molar-refractivity contribution in [3.63, 3.8) is 0 Å². The zero-order valence-electron chi connectivity index (χ0n) is 11.4. The molecule has 5 heteroatoms. The topological polar surface area (TPSA) is 24.5 Å². The minimum atomic E-state index is -2.85. The van der Waals surface area contributed by atoms with Crippen molar-refractivity contribution in [2.75, 3.05) is 33.3 Å². The Kier molecular flexibility index (Phi) is 4.37. The molecule has 1 saturated heterocycles. The zero-order chi connectivity index (χ0) is 13.9. The van der Waals surface area contributed by atoms with Gasteiger partial charge in [-0.3, -0.25) is 4.90 Å². The average Bonchev–Trinajstić information content (AvgIpc) is 2.39. The zero-order valence-corrected chi connectivity index (χ0v) is 11.4. The molecule has 0 atom stereocenters. The van der Waals surface area contributed by atoms with Gasteiger partial charge in [-0.15, -0.1) is 0 Å². The molecule has 1 aliphatic rings. The summed E-state index contributed by atoms with van der Waals surface area (Å²) in [6, 6.07) is 4.85. The van der Waals surface area contributed by atoms with Crippen LogP contribution in [0.5, 0.6) is 5.75 Å². The third-order valence-electron chi connectivity index (χ3n) is 3.42. The maximum absolute atomic E-state index is 13.7. The fraction of sp³-hybridized carbons (Fsp3) is 0.571. The van der Waals surface area contributed by atoms with Crippen LogP contribution in [0, 0.1) is 0 Å².